The normalized spacial score (nSPS) is 15.2. The highest BCUT2D eigenvalue weighted by molar-refractivity contribution is 7.89. The quantitative estimate of drug-likeness (QED) is 0.707. The fourth-order valence-electron chi connectivity index (χ4n) is 3.06. The number of hydrogen-bond acceptors (Lipinski definition) is 3. The number of hydrogen-bond donors (Lipinski definition) is 0. The fraction of sp³-hybridized carbons (Fsp3) is 0.158. The summed E-state index contributed by atoms with van der Waals surface area (Å²) in [5, 5.41) is 2.02. The van der Waals surface area contributed by atoms with Crippen molar-refractivity contribution in [2.75, 3.05) is 6.54 Å². The van der Waals surface area contributed by atoms with Crippen LogP contribution in [0.4, 0.5) is 0 Å². The molecule has 2 heterocycles. The Morgan fingerprint density at radius 3 is 2.33 bits per heavy atom. The van der Waals surface area contributed by atoms with Crippen LogP contribution in [0.15, 0.2) is 70.9 Å². The standard InChI is InChI=1S/C19H17NO2S2/c21-24(22,20-12-11-15-4-1-2-5-17(15)14-20)18-9-7-16(8-10-18)19-6-3-13-23-19/h1-10,13H,11-12,14H2. The Morgan fingerprint density at radius 2 is 1.62 bits per heavy atom. The van der Waals surface area contributed by atoms with Crippen molar-refractivity contribution >= 4 is 21.4 Å². The van der Waals surface area contributed by atoms with Gasteiger partial charge in [0.15, 0.2) is 0 Å². The summed E-state index contributed by atoms with van der Waals surface area (Å²) in [6, 6.07) is 19.3. The minimum Gasteiger partial charge on any atom is -0.207 e. The summed E-state index contributed by atoms with van der Waals surface area (Å²) in [6.45, 7) is 0.983. The van der Waals surface area contributed by atoms with E-state index >= 15 is 0 Å². The van der Waals surface area contributed by atoms with Gasteiger partial charge in [-0.1, -0.05) is 42.5 Å². The maximum Gasteiger partial charge on any atom is 0.243 e. The van der Waals surface area contributed by atoms with E-state index in [0.29, 0.717) is 18.0 Å². The molecule has 3 nitrogen and oxygen atoms in total. The van der Waals surface area contributed by atoms with Gasteiger partial charge in [-0.3, -0.25) is 0 Å². The number of rotatable bonds is 3. The molecular weight excluding hydrogens is 338 g/mol. The second-order valence-corrected chi connectivity index (χ2v) is 8.74. The first-order valence-electron chi connectivity index (χ1n) is 7.85. The first-order valence-corrected chi connectivity index (χ1v) is 10.2. The molecule has 0 bridgehead atoms. The van der Waals surface area contributed by atoms with Crippen LogP contribution in [0.3, 0.4) is 0 Å². The lowest BCUT2D eigenvalue weighted by Crippen LogP contribution is -2.35. The summed E-state index contributed by atoms with van der Waals surface area (Å²) in [5.41, 5.74) is 3.40. The van der Waals surface area contributed by atoms with Gasteiger partial charge in [-0.2, -0.15) is 4.31 Å². The van der Waals surface area contributed by atoms with Gasteiger partial charge in [-0.15, -0.1) is 11.3 Å². The zero-order valence-electron chi connectivity index (χ0n) is 13.1. The Balaban J connectivity index is 1.61. The molecule has 4 rings (SSSR count). The van der Waals surface area contributed by atoms with Crippen LogP contribution in [-0.4, -0.2) is 19.3 Å². The zero-order valence-corrected chi connectivity index (χ0v) is 14.7. The molecule has 0 spiro atoms. The molecule has 0 fully saturated rings. The van der Waals surface area contributed by atoms with Crippen molar-refractivity contribution < 1.29 is 8.42 Å². The van der Waals surface area contributed by atoms with E-state index in [9.17, 15) is 8.42 Å². The topological polar surface area (TPSA) is 37.4 Å². The second-order valence-electron chi connectivity index (χ2n) is 5.86. The van der Waals surface area contributed by atoms with Crippen molar-refractivity contribution in [1.29, 1.82) is 0 Å². The Labute approximate surface area is 146 Å². The van der Waals surface area contributed by atoms with Crippen molar-refractivity contribution in [3.05, 3.63) is 77.2 Å². The highest BCUT2D eigenvalue weighted by Crippen LogP contribution is 2.28. The van der Waals surface area contributed by atoms with Crippen LogP contribution >= 0.6 is 11.3 Å². The smallest absolute Gasteiger partial charge is 0.207 e. The van der Waals surface area contributed by atoms with Crippen LogP contribution in [0.25, 0.3) is 10.4 Å². The third kappa shape index (κ3) is 2.79. The molecule has 0 radical (unpaired) electrons. The number of sulfonamides is 1. The second kappa shape index (κ2) is 6.16. The molecule has 0 amide bonds. The highest BCUT2D eigenvalue weighted by Gasteiger charge is 2.28. The fourth-order valence-corrected chi connectivity index (χ4v) is 5.21. The molecule has 0 N–H and O–H groups in total. The van der Waals surface area contributed by atoms with Crippen LogP contribution in [0.2, 0.25) is 0 Å². The summed E-state index contributed by atoms with van der Waals surface area (Å²) in [6.07, 6.45) is 0.767. The van der Waals surface area contributed by atoms with Gasteiger partial charge in [0.05, 0.1) is 4.90 Å². The summed E-state index contributed by atoms with van der Waals surface area (Å²) in [4.78, 5) is 1.51. The van der Waals surface area contributed by atoms with Crippen LogP contribution < -0.4 is 0 Å². The summed E-state index contributed by atoms with van der Waals surface area (Å²) in [7, 11) is -3.45. The lowest BCUT2D eigenvalue weighted by Gasteiger charge is -2.28. The Morgan fingerprint density at radius 1 is 0.875 bits per heavy atom. The van der Waals surface area contributed by atoms with E-state index in [1.165, 1.54) is 5.56 Å². The molecule has 0 atom stereocenters. The third-order valence-electron chi connectivity index (χ3n) is 4.39. The van der Waals surface area contributed by atoms with Crippen LogP contribution in [0.1, 0.15) is 11.1 Å². The minimum absolute atomic E-state index is 0.363. The van der Waals surface area contributed by atoms with Crippen molar-refractivity contribution in [2.45, 2.75) is 17.9 Å². The lowest BCUT2D eigenvalue weighted by atomic mass is 10.0. The first-order chi connectivity index (χ1) is 11.6. The maximum atomic E-state index is 12.9. The van der Waals surface area contributed by atoms with Crippen molar-refractivity contribution in [3.8, 4) is 10.4 Å². The summed E-state index contributed by atoms with van der Waals surface area (Å²) >= 11 is 1.65. The molecule has 1 aliphatic rings. The average Bonchev–Trinajstić information content (AvgIpc) is 3.16. The molecule has 0 unspecified atom stereocenters. The minimum atomic E-state index is -3.45. The van der Waals surface area contributed by atoms with Crippen LogP contribution in [0, 0.1) is 0 Å². The summed E-state index contributed by atoms with van der Waals surface area (Å²) < 4.78 is 27.4. The van der Waals surface area contributed by atoms with Gasteiger partial charge >= 0.3 is 0 Å². The molecule has 3 aromatic rings. The van der Waals surface area contributed by atoms with Gasteiger partial charge in [-0.25, -0.2) is 8.42 Å². The monoisotopic (exact) mass is 355 g/mol. The molecule has 0 saturated carbocycles. The van der Waals surface area contributed by atoms with Gasteiger partial charge in [0, 0.05) is 18.0 Å². The van der Waals surface area contributed by atoms with E-state index in [4.69, 9.17) is 0 Å². The highest BCUT2D eigenvalue weighted by atomic mass is 32.2. The third-order valence-corrected chi connectivity index (χ3v) is 7.17. The Bertz CT molecular complexity index is 945. The molecule has 1 aliphatic heterocycles. The average molecular weight is 355 g/mol. The molecule has 24 heavy (non-hydrogen) atoms. The van der Waals surface area contributed by atoms with Gasteiger partial charge in [0.25, 0.3) is 0 Å². The van der Waals surface area contributed by atoms with Crippen molar-refractivity contribution in [2.24, 2.45) is 0 Å². The maximum absolute atomic E-state index is 12.9. The Kier molecular flexibility index (Phi) is 4.00. The molecule has 122 valence electrons. The summed E-state index contributed by atoms with van der Waals surface area (Å²) in [5.74, 6) is 0. The van der Waals surface area contributed by atoms with Gasteiger partial charge in [0.1, 0.15) is 0 Å². The molecule has 5 heteroatoms. The number of thiophene rings is 1. The van der Waals surface area contributed by atoms with Crippen molar-refractivity contribution in [3.63, 3.8) is 0 Å². The molecule has 2 aromatic carbocycles. The predicted molar refractivity (Wildman–Crippen MR) is 97.5 cm³/mol. The number of benzene rings is 2. The zero-order chi connectivity index (χ0) is 16.6. The van der Waals surface area contributed by atoms with E-state index in [2.05, 4.69) is 6.07 Å². The molecular formula is C19H17NO2S2. The van der Waals surface area contributed by atoms with Gasteiger partial charge in [-0.05, 0) is 46.7 Å². The van der Waals surface area contributed by atoms with E-state index in [0.717, 1.165) is 22.4 Å². The van der Waals surface area contributed by atoms with E-state index in [-0.39, 0.29) is 0 Å². The number of nitrogens with zero attached hydrogens (tertiary/aromatic N) is 1. The molecule has 1 aromatic heterocycles. The largest absolute Gasteiger partial charge is 0.243 e. The van der Waals surface area contributed by atoms with E-state index in [1.54, 1.807) is 27.8 Å². The van der Waals surface area contributed by atoms with Crippen LogP contribution in [-0.2, 0) is 23.0 Å². The lowest BCUT2D eigenvalue weighted by molar-refractivity contribution is 0.391. The SMILES string of the molecule is O=S(=O)(c1ccc(-c2cccs2)cc1)N1CCc2ccccc2C1. The number of fused-ring (bicyclic) bond motifs is 1. The Hall–Kier alpha value is -1.95. The van der Waals surface area contributed by atoms with E-state index in [1.807, 2.05) is 47.8 Å². The molecule has 0 aliphatic carbocycles. The van der Waals surface area contributed by atoms with E-state index < -0.39 is 10.0 Å². The first kappa shape index (κ1) is 15.6. The van der Waals surface area contributed by atoms with Gasteiger partial charge in [0.2, 0.25) is 10.0 Å². The predicted octanol–water partition coefficient (Wildman–Crippen LogP) is 4.16. The van der Waals surface area contributed by atoms with Crippen molar-refractivity contribution in [1.82, 2.24) is 4.31 Å². The van der Waals surface area contributed by atoms with Crippen LogP contribution in [0.5, 0.6) is 0 Å². The van der Waals surface area contributed by atoms with Gasteiger partial charge < -0.3 is 0 Å². The molecule has 0 saturated heterocycles.